The zero-order chi connectivity index (χ0) is 19.2. The van der Waals surface area contributed by atoms with Crippen molar-refractivity contribution in [3.8, 4) is 5.75 Å². The number of nitrogens with zero attached hydrogens (tertiary/aromatic N) is 1. The fourth-order valence-electron chi connectivity index (χ4n) is 2.41. The fraction of sp³-hybridized carbons (Fsp3) is 0.316. The molecular weight excluding hydrogens is 352 g/mol. The number of benzene rings is 2. The molecule has 1 N–H and O–H groups in total. The number of carbonyl (C=O) groups excluding carboxylic acids is 1. The molecule has 0 heterocycles. The first-order chi connectivity index (χ1) is 12.4. The zero-order valence-corrected chi connectivity index (χ0v) is 16.0. The number of hydrogen-bond acceptors (Lipinski definition) is 4. The van der Waals surface area contributed by atoms with Crippen LogP contribution >= 0.6 is 0 Å². The lowest BCUT2D eigenvalue weighted by atomic mass is 10.2. The summed E-state index contributed by atoms with van der Waals surface area (Å²) in [5.41, 5.74) is 1.45. The SMILES string of the molecule is CCNC(=O)CN(c1ccc(C)cc1)S(=O)(=O)c1ccc(OCC)cc1. The Bertz CT molecular complexity index is 831. The van der Waals surface area contributed by atoms with Crippen LogP contribution in [0.15, 0.2) is 53.4 Å². The predicted octanol–water partition coefficient (Wildman–Crippen LogP) is 2.73. The van der Waals surface area contributed by atoms with Gasteiger partial charge >= 0.3 is 0 Å². The first-order valence-corrected chi connectivity index (χ1v) is 9.91. The first kappa shape index (κ1) is 19.8. The van der Waals surface area contributed by atoms with Gasteiger partial charge in [0.05, 0.1) is 17.2 Å². The number of ether oxygens (including phenoxy) is 1. The standard InChI is InChI=1S/C19H24N2O4S/c1-4-20-19(22)14-21(16-8-6-15(3)7-9-16)26(23,24)18-12-10-17(11-13-18)25-5-2/h6-13H,4-5,14H2,1-3H3,(H,20,22). The fourth-order valence-corrected chi connectivity index (χ4v) is 3.83. The Balaban J connectivity index is 2.41. The van der Waals surface area contributed by atoms with E-state index in [2.05, 4.69) is 5.32 Å². The third-order valence-corrected chi connectivity index (χ3v) is 5.49. The van der Waals surface area contributed by atoms with Crippen molar-refractivity contribution in [3.05, 3.63) is 54.1 Å². The molecule has 2 aromatic rings. The number of anilines is 1. The lowest BCUT2D eigenvalue weighted by Gasteiger charge is -2.24. The van der Waals surface area contributed by atoms with E-state index in [9.17, 15) is 13.2 Å². The van der Waals surface area contributed by atoms with Gasteiger partial charge in [0.15, 0.2) is 0 Å². The second kappa shape index (κ2) is 8.71. The topological polar surface area (TPSA) is 75.7 Å². The summed E-state index contributed by atoms with van der Waals surface area (Å²) in [4.78, 5) is 12.2. The Kier molecular flexibility index (Phi) is 6.63. The van der Waals surface area contributed by atoms with Gasteiger partial charge < -0.3 is 10.1 Å². The van der Waals surface area contributed by atoms with Crippen LogP contribution in [0.5, 0.6) is 5.75 Å². The van der Waals surface area contributed by atoms with Crippen LogP contribution in [0.4, 0.5) is 5.69 Å². The summed E-state index contributed by atoms with van der Waals surface area (Å²) in [6.45, 7) is 6.21. The molecular formula is C19H24N2O4S. The van der Waals surface area contributed by atoms with Crippen LogP contribution in [0.2, 0.25) is 0 Å². The lowest BCUT2D eigenvalue weighted by molar-refractivity contribution is -0.119. The van der Waals surface area contributed by atoms with E-state index >= 15 is 0 Å². The maximum absolute atomic E-state index is 13.1. The van der Waals surface area contributed by atoms with Gasteiger partial charge in [-0.3, -0.25) is 9.10 Å². The highest BCUT2D eigenvalue weighted by Gasteiger charge is 2.27. The molecule has 0 atom stereocenters. The van der Waals surface area contributed by atoms with E-state index in [0.29, 0.717) is 24.6 Å². The molecule has 0 aliphatic rings. The monoisotopic (exact) mass is 376 g/mol. The van der Waals surface area contributed by atoms with Gasteiger partial charge in [0.2, 0.25) is 5.91 Å². The van der Waals surface area contributed by atoms with Crippen molar-refractivity contribution >= 4 is 21.6 Å². The maximum Gasteiger partial charge on any atom is 0.264 e. The number of rotatable bonds is 8. The zero-order valence-electron chi connectivity index (χ0n) is 15.2. The first-order valence-electron chi connectivity index (χ1n) is 8.47. The molecule has 0 spiro atoms. The molecule has 0 saturated carbocycles. The van der Waals surface area contributed by atoms with Gasteiger partial charge in [0.25, 0.3) is 10.0 Å². The van der Waals surface area contributed by atoms with Gasteiger partial charge in [-0.2, -0.15) is 0 Å². The van der Waals surface area contributed by atoms with E-state index in [-0.39, 0.29) is 17.3 Å². The quantitative estimate of drug-likeness (QED) is 0.769. The Labute approximate surface area is 154 Å². The third-order valence-electron chi connectivity index (χ3n) is 3.71. The Morgan fingerprint density at radius 3 is 2.19 bits per heavy atom. The number of hydrogen-bond donors (Lipinski definition) is 1. The molecule has 0 unspecified atom stereocenters. The molecule has 140 valence electrons. The van der Waals surface area contributed by atoms with E-state index in [1.807, 2.05) is 26.0 Å². The number of amides is 1. The molecule has 26 heavy (non-hydrogen) atoms. The van der Waals surface area contributed by atoms with Crippen LogP contribution in [0.1, 0.15) is 19.4 Å². The smallest absolute Gasteiger partial charge is 0.264 e. The Morgan fingerprint density at radius 1 is 1.04 bits per heavy atom. The predicted molar refractivity (Wildman–Crippen MR) is 102 cm³/mol. The lowest BCUT2D eigenvalue weighted by Crippen LogP contribution is -2.40. The Morgan fingerprint density at radius 2 is 1.65 bits per heavy atom. The number of nitrogens with one attached hydrogen (secondary N) is 1. The molecule has 1 amide bonds. The van der Waals surface area contributed by atoms with Crippen molar-refractivity contribution in [1.29, 1.82) is 0 Å². The van der Waals surface area contributed by atoms with E-state index < -0.39 is 10.0 Å². The molecule has 0 fully saturated rings. The van der Waals surface area contributed by atoms with Crippen LogP contribution in [0.25, 0.3) is 0 Å². The summed E-state index contributed by atoms with van der Waals surface area (Å²) >= 11 is 0. The number of likely N-dealkylation sites (N-methyl/N-ethyl adjacent to an activating group) is 1. The van der Waals surface area contributed by atoms with Gasteiger partial charge in [-0.15, -0.1) is 0 Å². The second-order valence-corrected chi connectivity index (χ2v) is 7.57. The molecule has 0 saturated heterocycles. The number of sulfonamides is 1. The average Bonchev–Trinajstić information content (AvgIpc) is 2.61. The summed E-state index contributed by atoms with van der Waals surface area (Å²) < 4.78 is 32.7. The van der Waals surface area contributed by atoms with E-state index in [4.69, 9.17) is 4.74 Å². The largest absolute Gasteiger partial charge is 0.494 e. The summed E-state index contributed by atoms with van der Waals surface area (Å²) in [6, 6.07) is 13.2. The normalized spacial score (nSPS) is 11.0. The highest BCUT2D eigenvalue weighted by atomic mass is 32.2. The second-order valence-electron chi connectivity index (χ2n) is 5.71. The maximum atomic E-state index is 13.1. The van der Waals surface area contributed by atoms with Crippen LogP contribution < -0.4 is 14.4 Å². The molecule has 2 aromatic carbocycles. The van der Waals surface area contributed by atoms with Gasteiger partial charge in [-0.25, -0.2) is 8.42 Å². The van der Waals surface area contributed by atoms with E-state index in [1.54, 1.807) is 31.2 Å². The highest BCUT2D eigenvalue weighted by molar-refractivity contribution is 7.92. The summed E-state index contributed by atoms with van der Waals surface area (Å²) in [5.74, 6) is 0.236. The molecule has 7 heteroatoms. The van der Waals surface area contributed by atoms with Crippen LogP contribution in [-0.2, 0) is 14.8 Å². The Hall–Kier alpha value is -2.54. The minimum Gasteiger partial charge on any atom is -0.494 e. The van der Waals surface area contributed by atoms with Gasteiger partial charge in [0.1, 0.15) is 12.3 Å². The van der Waals surface area contributed by atoms with Crippen LogP contribution in [0, 0.1) is 6.92 Å². The number of aryl methyl sites for hydroxylation is 1. The molecule has 0 aliphatic carbocycles. The molecule has 0 aromatic heterocycles. The van der Waals surface area contributed by atoms with Gasteiger partial charge in [0, 0.05) is 6.54 Å². The average molecular weight is 376 g/mol. The van der Waals surface area contributed by atoms with Crippen molar-refractivity contribution in [2.24, 2.45) is 0 Å². The number of carbonyl (C=O) groups is 1. The summed E-state index contributed by atoms with van der Waals surface area (Å²) in [5, 5.41) is 2.64. The van der Waals surface area contributed by atoms with Crippen molar-refractivity contribution in [2.75, 3.05) is 24.0 Å². The van der Waals surface area contributed by atoms with Gasteiger partial charge in [-0.1, -0.05) is 17.7 Å². The molecule has 0 radical (unpaired) electrons. The van der Waals surface area contributed by atoms with Crippen LogP contribution in [-0.4, -0.2) is 34.0 Å². The van der Waals surface area contributed by atoms with Crippen molar-refractivity contribution < 1.29 is 17.9 Å². The van der Waals surface area contributed by atoms with Crippen molar-refractivity contribution in [1.82, 2.24) is 5.32 Å². The molecule has 0 bridgehead atoms. The third kappa shape index (κ3) is 4.76. The van der Waals surface area contributed by atoms with E-state index in [0.717, 1.165) is 9.87 Å². The molecule has 0 aliphatic heterocycles. The minimum absolute atomic E-state index is 0.103. The van der Waals surface area contributed by atoms with E-state index in [1.165, 1.54) is 12.1 Å². The van der Waals surface area contributed by atoms with Crippen LogP contribution in [0.3, 0.4) is 0 Å². The van der Waals surface area contributed by atoms with Crippen molar-refractivity contribution in [2.45, 2.75) is 25.7 Å². The highest BCUT2D eigenvalue weighted by Crippen LogP contribution is 2.25. The molecule has 2 rings (SSSR count). The van der Waals surface area contributed by atoms with Gasteiger partial charge in [-0.05, 0) is 57.2 Å². The minimum atomic E-state index is -3.90. The molecule has 6 nitrogen and oxygen atoms in total. The summed E-state index contributed by atoms with van der Waals surface area (Å²) in [7, 11) is -3.90. The van der Waals surface area contributed by atoms with Crippen molar-refractivity contribution in [3.63, 3.8) is 0 Å². The summed E-state index contributed by atoms with van der Waals surface area (Å²) in [6.07, 6.45) is 0.